The number of rotatable bonds is 2. The van der Waals surface area contributed by atoms with Crippen LogP contribution in [0.2, 0.25) is 0 Å². The molecule has 1 fully saturated rings. The second-order valence-corrected chi connectivity index (χ2v) is 1.60. The second kappa shape index (κ2) is 1.61. The van der Waals surface area contributed by atoms with Gasteiger partial charge in [0.1, 0.15) is 0 Å². The summed E-state index contributed by atoms with van der Waals surface area (Å²) in [7, 11) is 0. The van der Waals surface area contributed by atoms with Crippen molar-refractivity contribution in [1.82, 2.24) is 0 Å². The maximum atomic E-state index is 4.91. The molecule has 1 saturated heterocycles. The fraction of sp³-hybridized carbons (Fsp3) is 0.800. The van der Waals surface area contributed by atoms with Crippen molar-refractivity contribution < 1.29 is 4.74 Å². The van der Waals surface area contributed by atoms with Crippen molar-refractivity contribution in [3.8, 4) is 0 Å². The first kappa shape index (κ1) is 4.13. The van der Waals surface area contributed by atoms with Crippen LogP contribution in [-0.2, 0) is 4.74 Å². The lowest BCUT2D eigenvalue weighted by Gasteiger charge is -1.79. The first-order valence-electron chi connectivity index (χ1n) is 2.34. The summed E-state index contributed by atoms with van der Waals surface area (Å²) in [5.74, 6) is 0. The largest absolute Gasteiger partial charge is 0.373 e. The summed E-state index contributed by atoms with van der Waals surface area (Å²) >= 11 is 0. The van der Waals surface area contributed by atoms with Gasteiger partial charge in [-0.2, -0.15) is 0 Å². The zero-order valence-corrected chi connectivity index (χ0v) is 3.81. The highest BCUT2D eigenvalue weighted by atomic mass is 16.6. The van der Waals surface area contributed by atoms with Crippen LogP contribution < -0.4 is 0 Å². The predicted octanol–water partition coefficient (Wildman–Crippen LogP) is 0.999. The van der Waals surface area contributed by atoms with Gasteiger partial charge in [0.15, 0.2) is 0 Å². The molecule has 0 saturated carbocycles. The molecule has 6 heavy (non-hydrogen) atoms. The van der Waals surface area contributed by atoms with Gasteiger partial charge in [0.25, 0.3) is 0 Å². The van der Waals surface area contributed by atoms with E-state index in [1.807, 2.05) is 0 Å². The van der Waals surface area contributed by atoms with Crippen molar-refractivity contribution >= 4 is 0 Å². The van der Waals surface area contributed by atoms with Gasteiger partial charge in [-0.05, 0) is 6.42 Å². The molecule has 0 spiro atoms. The van der Waals surface area contributed by atoms with E-state index in [9.17, 15) is 0 Å². The molecule has 1 radical (unpaired) electrons. The molecular weight excluding hydrogens is 76.1 g/mol. The molecule has 1 aliphatic heterocycles. The summed E-state index contributed by atoms with van der Waals surface area (Å²) < 4.78 is 4.91. The van der Waals surface area contributed by atoms with Gasteiger partial charge in [-0.1, -0.05) is 13.3 Å². The second-order valence-electron chi connectivity index (χ2n) is 1.60. The molecule has 1 unspecified atom stereocenters. The third kappa shape index (κ3) is 0.977. The predicted molar refractivity (Wildman–Crippen MR) is 24.3 cm³/mol. The van der Waals surface area contributed by atoms with Gasteiger partial charge in [0, 0.05) is 0 Å². The fourth-order valence-corrected chi connectivity index (χ4v) is 0.462. The van der Waals surface area contributed by atoms with E-state index in [0.29, 0.717) is 6.10 Å². The molecule has 1 atom stereocenters. The van der Waals surface area contributed by atoms with Gasteiger partial charge in [-0.3, -0.25) is 0 Å². The molecule has 0 aliphatic carbocycles. The molecule has 1 nitrogen and oxygen atoms in total. The summed E-state index contributed by atoms with van der Waals surface area (Å²) in [5.41, 5.74) is 0. The van der Waals surface area contributed by atoms with E-state index < -0.39 is 0 Å². The zero-order valence-electron chi connectivity index (χ0n) is 3.81. The Balaban J connectivity index is 1.88. The van der Waals surface area contributed by atoms with Gasteiger partial charge in [-0.15, -0.1) is 0 Å². The van der Waals surface area contributed by atoms with Crippen molar-refractivity contribution in [3.63, 3.8) is 0 Å². The van der Waals surface area contributed by atoms with Gasteiger partial charge < -0.3 is 4.74 Å². The Hall–Kier alpha value is -0.0400. The summed E-state index contributed by atoms with van der Waals surface area (Å²) in [6.07, 6.45) is 2.76. The quantitative estimate of drug-likeness (QED) is 0.456. The first-order chi connectivity index (χ1) is 2.93. The van der Waals surface area contributed by atoms with Crippen molar-refractivity contribution in [1.29, 1.82) is 0 Å². The molecule has 35 valence electrons. The molecular formula is C5H9O. The monoisotopic (exact) mass is 85.1 g/mol. The minimum Gasteiger partial charge on any atom is -0.373 e. The molecule has 1 heteroatoms. The maximum absolute atomic E-state index is 4.91. The Morgan fingerprint density at radius 1 is 1.83 bits per heavy atom. The normalized spacial score (nSPS) is 30.5. The summed E-state index contributed by atoms with van der Waals surface area (Å²) in [6, 6.07) is 0. The highest BCUT2D eigenvalue weighted by molar-refractivity contribution is 4.68. The smallest absolute Gasteiger partial charge is 0.0810 e. The van der Waals surface area contributed by atoms with Crippen LogP contribution in [0.3, 0.4) is 0 Å². The van der Waals surface area contributed by atoms with Gasteiger partial charge >= 0.3 is 0 Å². The molecule has 0 N–H and O–H groups in total. The third-order valence-corrected chi connectivity index (χ3v) is 0.928. The van der Waals surface area contributed by atoms with E-state index in [1.165, 1.54) is 0 Å². The van der Waals surface area contributed by atoms with E-state index in [1.54, 1.807) is 0 Å². The van der Waals surface area contributed by atoms with E-state index in [-0.39, 0.29) is 0 Å². The highest BCUT2D eigenvalue weighted by Crippen LogP contribution is 2.13. The van der Waals surface area contributed by atoms with Crippen LogP contribution in [-0.4, -0.2) is 12.7 Å². The van der Waals surface area contributed by atoms with Crippen molar-refractivity contribution in [2.45, 2.75) is 18.9 Å². The van der Waals surface area contributed by atoms with Crippen molar-refractivity contribution in [2.24, 2.45) is 0 Å². The number of hydrogen-bond donors (Lipinski definition) is 0. The minimum atomic E-state index is 0.586. The number of ether oxygens (including phenoxy) is 1. The van der Waals surface area contributed by atoms with Crippen LogP contribution in [0.4, 0.5) is 0 Å². The Bertz CT molecular complexity index is 39.2. The van der Waals surface area contributed by atoms with Crippen molar-refractivity contribution in [2.75, 3.05) is 6.61 Å². The number of epoxide rings is 1. The topological polar surface area (TPSA) is 12.5 Å². The summed E-state index contributed by atoms with van der Waals surface area (Å²) in [5, 5.41) is 0. The van der Waals surface area contributed by atoms with Gasteiger partial charge in [-0.25, -0.2) is 0 Å². The van der Waals surface area contributed by atoms with Crippen LogP contribution in [0.25, 0.3) is 0 Å². The van der Waals surface area contributed by atoms with Gasteiger partial charge in [0.2, 0.25) is 0 Å². The first-order valence-corrected chi connectivity index (χ1v) is 2.34. The SMILES string of the molecule is [CH2]CCC1CO1. The Morgan fingerprint density at radius 3 is 2.67 bits per heavy atom. The minimum absolute atomic E-state index is 0.586. The van der Waals surface area contributed by atoms with Crippen molar-refractivity contribution in [3.05, 3.63) is 6.92 Å². The molecule has 0 aromatic carbocycles. The lowest BCUT2D eigenvalue weighted by molar-refractivity contribution is 0.398. The number of hydrogen-bond acceptors (Lipinski definition) is 1. The molecule has 0 aromatic rings. The van der Waals surface area contributed by atoms with Crippen LogP contribution in [0.15, 0.2) is 0 Å². The highest BCUT2D eigenvalue weighted by Gasteiger charge is 2.19. The van der Waals surface area contributed by atoms with Crippen LogP contribution in [0.1, 0.15) is 12.8 Å². The molecule has 0 aromatic heterocycles. The van der Waals surface area contributed by atoms with Crippen LogP contribution in [0, 0.1) is 6.92 Å². The Kier molecular flexibility index (Phi) is 1.10. The maximum Gasteiger partial charge on any atom is 0.0810 e. The molecule has 1 aliphatic rings. The van der Waals surface area contributed by atoms with Gasteiger partial charge in [0.05, 0.1) is 12.7 Å². The average Bonchev–Trinajstić information content (AvgIpc) is 2.21. The summed E-state index contributed by atoms with van der Waals surface area (Å²) in [4.78, 5) is 0. The Labute approximate surface area is 38.3 Å². The third-order valence-electron chi connectivity index (χ3n) is 0.928. The zero-order chi connectivity index (χ0) is 4.41. The average molecular weight is 85.1 g/mol. The van der Waals surface area contributed by atoms with Crippen LogP contribution >= 0.6 is 0 Å². The lowest BCUT2D eigenvalue weighted by atomic mass is 10.3. The Morgan fingerprint density at radius 2 is 2.50 bits per heavy atom. The standard InChI is InChI=1S/C5H9O/c1-2-3-5-4-6-5/h5H,1-4H2. The van der Waals surface area contributed by atoms with E-state index >= 15 is 0 Å². The molecule has 1 heterocycles. The molecule has 1 rings (SSSR count). The molecule has 0 bridgehead atoms. The molecule has 0 amide bonds. The fourth-order valence-electron chi connectivity index (χ4n) is 0.462. The van der Waals surface area contributed by atoms with Crippen LogP contribution in [0.5, 0.6) is 0 Å². The van der Waals surface area contributed by atoms with E-state index in [4.69, 9.17) is 4.74 Å². The lowest BCUT2D eigenvalue weighted by Crippen LogP contribution is -1.79. The van der Waals surface area contributed by atoms with E-state index in [0.717, 1.165) is 19.4 Å². The van der Waals surface area contributed by atoms with E-state index in [2.05, 4.69) is 6.92 Å². The summed E-state index contributed by atoms with van der Waals surface area (Å²) in [6.45, 7) is 4.67.